The van der Waals surface area contributed by atoms with Crippen LogP contribution in [0.1, 0.15) is 25.1 Å². The van der Waals surface area contributed by atoms with Crippen LogP contribution in [0.3, 0.4) is 0 Å². The summed E-state index contributed by atoms with van der Waals surface area (Å²) in [5.41, 5.74) is 2.63. The predicted molar refractivity (Wildman–Crippen MR) is 117 cm³/mol. The van der Waals surface area contributed by atoms with E-state index in [1.54, 1.807) is 42.9 Å². The van der Waals surface area contributed by atoms with E-state index in [1.807, 2.05) is 48.5 Å². The molecule has 2 aromatic carbocycles. The molecule has 0 unspecified atom stereocenters. The summed E-state index contributed by atoms with van der Waals surface area (Å²) in [6.07, 6.45) is 0. The molecule has 0 atom stereocenters. The monoisotopic (exact) mass is 426 g/mol. The van der Waals surface area contributed by atoms with Gasteiger partial charge in [-0.3, -0.25) is 0 Å². The lowest BCUT2D eigenvalue weighted by molar-refractivity contribution is 0.0734. The number of benzene rings is 2. The Balaban J connectivity index is 1.85. The molecule has 148 valence electrons. The molecule has 0 spiro atoms. The van der Waals surface area contributed by atoms with Crippen LogP contribution in [0.4, 0.5) is 4.39 Å². The standard InChI is InChI=1S/C23H20ClFN2OS/c1-14-12-15(8-9-17(14)25)20-10-11-21(29-20)19-13-22(23(2,3)28)26-27(19)18-7-5-4-6-16(18)24/h4-13,28H,1-3H3. The topological polar surface area (TPSA) is 38.1 Å². The van der Waals surface area contributed by atoms with Crippen molar-refractivity contribution in [3.8, 4) is 26.7 Å². The summed E-state index contributed by atoms with van der Waals surface area (Å²) in [6, 6.07) is 18.5. The van der Waals surface area contributed by atoms with Crippen molar-refractivity contribution in [1.29, 1.82) is 0 Å². The first kappa shape index (κ1) is 19.8. The fourth-order valence-corrected chi connectivity index (χ4v) is 4.31. The second kappa shape index (κ2) is 7.41. The SMILES string of the molecule is Cc1cc(-c2ccc(-c3cc(C(C)(C)O)nn3-c3ccccc3Cl)s2)ccc1F. The molecule has 0 fully saturated rings. The van der Waals surface area contributed by atoms with Gasteiger partial charge in [0.15, 0.2) is 0 Å². The van der Waals surface area contributed by atoms with E-state index < -0.39 is 5.60 Å². The summed E-state index contributed by atoms with van der Waals surface area (Å²) in [4.78, 5) is 2.00. The van der Waals surface area contributed by atoms with Gasteiger partial charge in [0.25, 0.3) is 0 Å². The van der Waals surface area contributed by atoms with E-state index in [1.165, 1.54) is 6.07 Å². The molecule has 0 bridgehead atoms. The maximum Gasteiger partial charge on any atom is 0.126 e. The lowest BCUT2D eigenvalue weighted by Gasteiger charge is -2.13. The van der Waals surface area contributed by atoms with Gasteiger partial charge < -0.3 is 5.11 Å². The number of nitrogens with zero attached hydrogens (tertiary/aromatic N) is 2. The molecule has 1 N–H and O–H groups in total. The fraction of sp³-hybridized carbons (Fsp3) is 0.174. The van der Waals surface area contributed by atoms with Crippen LogP contribution >= 0.6 is 22.9 Å². The maximum atomic E-state index is 13.6. The summed E-state index contributed by atoms with van der Waals surface area (Å²) < 4.78 is 15.4. The predicted octanol–water partition coefficient (Wildman–Crippen LogP) is 6.60. The summed E-state index contributed by atoms with van der Waals surface area (Å²) in [5.74, 6) is -0.211. The highest BCUT2D eigenvalue weighted by Gasteiger charge is 2.24. The third kappa shape index (κ3) is 3.86. The number of aromatic nitrogens is 2. The number of rotatable bonds is 4. The quantitative estimate of drug-likeness (QED) is 0.399. The first-order chi connectivity index (χ1) is 13.7. The van der Waals surface area contributed by atoms with Crippen LogP contribution in [0.25, 0.3) is 26.7 Å². The summed E-state index contributed by atoms with van der Waals surface area (Å²) >= 11 is 8.00. The van der Waals surface area contributed by atoms with Gasteiger partial charge in [0.05, 0.1) is 27.0 Å². The number of aliphatic hydroxyl groups is 1. The second-order valence-corrected chi connectivity index (χ2v) is 8.96. The van der Waals surface area contributed by atoms with E-state index in [0.717, 1.165) is 26.7 Å². The number of aryl methyl sites for hydroxylation is 1. The Morgan fingerprint density at radius 1 is 1.03 bits per heavy atom. The van der Waals surface area contributed by atoms with Crippen molar-refractivity contribution in [3.05, 3.63) is 82.8 Å². The van der Waals surface area contributed by atoms with Crippen LogP contribution in [-0.2, 0) is 5.60 Å². The van der Waals surface area contributed by atoms with Crippen molar-refractivity contribution in [3.63, 3.8) is 0 Å². The van der Waals surface area contributed by atoms with E-state index in [2.05, 4.69) is 5.10 Å². The molecule has 0 saturated heterocycles. The Hall–Kier alpha value is -2.47. The van der Waals surface area contributed by atoms with Gasteiger partial charge in [0.1, 0.15) is 11.4 Å². The third-order valence-electron chi connectivity index (χ3n) is 4.72. The molecular weight excluding hydrogens is 407 g/mol. The Morgan fingerprint density at radius 2 is 1.76 bits per heavy atom. The molecule has 6 heteroatoms. The molecule has 0 radical (unpaired) electrons. The largest absolute Gasteiger partial charge is 0.384 e. The minimum atomic E-state index is -1.09. The Bertz CT molecular complexity index is 1190. The molecule has 3 nitrogen and oxygen atoms in total. The number of halogens is 2. The van der Waals surface area contributed by atoms with E-state index in [0.29, 0.717) is 16.3 Å². The van der Waals surface area contributed by atoms with Gasteiger partial charge in [-0.2, -0.15) is 5.10 Å². The Labute approximate surface area is 178 Å². The van der Waals surface area contributed by atoms with Gasteiger partial charge in [0.2, 0.25) is 0 Å². The van der Waals surface area contributed by atoms with Crippen molar-refractivity contribution >= 4 is 22.9 Å². The lowest BCUT2D eigenvalue weighted by Crippen LogP contribution is -2.16. The second-order valence-electron chi connectivity index (χ2n) is 7.46. The molecule has 0 aliphatic heterocycles. The van der Waals surface area contributed by atoms with Crippen LogP contribution in [-0.4, -0.2) is 14.9 Å². The number of hydrogen-bond donors (Lipinski definition) is 1. The van der Waals surface area contributed by atoms with Crippen LogP contribution in [0.15, 0.2) is 60.7 Å². The average Bonchev–Trinajstić information content (AvgIpc) is 3.31. The average molecular weight is 427 g/mol. The highest BCUT2D eigenvalue weighted by atomic mass is 35.5. The van der Waals surface area contributed by atoms with Crippen molar-refractivity contribution in [2.45, 2.75) is 26.4 Å². The summed E-state index contributed by atoms with van der Waals surface area (Å²) in [5, 5.41) is 15.7. The van der Waals surface area contributed by atoms with E-state index in [4.69, 9.17) is 11.6 Å². The van der Waals surface area contributed by atoms with Gasteiger partial charge in [-0.1, -0.05) is 29.8 Å². The van der Waals surface area contributed by atoms with Crippen LogP contribution < -0.4 is 0 Å². The Kier molecular flexibility index (Phi) is 5.07. The molecule has 0 amide bonds. The van der Waals surface area contributed by atoms with Crippen LogP contribution in [0, 0.1) is 12.7 Å². The Morgan fingerprint density at radius 3 is 2.45 bits per heavy atom. The zero-order valence-corrected chi connectivity index (χ0v) is 17.9. The molecule has 4 aromatic rings. The van der Waals surface area contributed by atoms with Crippen LogP contribution in [0.2, 0.25) is 5.02 Å². The first-order valence-electron chi connectivity index (χ1n) is 9.18. The zero-order valence-electron chi connectivity index (χ0n) is 16.3. The van der Waals surface area contributed by atoms with Crippen molar-refractivity contribution in [2.24, 2.45) is 0 Å². The molecule has 4 rings (SSSR count). The molecule has 0 aliphatic carbocycles. The normalized spacial score (nSPS) is 11.8. The minimum Gasteiger partial charge on any atom is -0.384 e. The summed E-state index contributed by atoms with van der Waals surface area (Å²) in [6.45, 7) is 5.17. The van der Waals surface area contributed by atoms with Gasteiger partial charge >= 0.3 is 0 Å². The van der Waals surface area contributed by atoms with Gasteiger partial charge in [0, 0.05) is 4.88 Å². The van der Waals surface area contributed by atoms with Gasteiger partial charge in [-0.25, -0.2) is 9.07 Å². The van der Waals surface area contributed by atoms with Crippen LogP contribution in [0.5, 0.6) is 0 Å². The molecule has 0 saturated carbocycles. The van der Waals surface area contributed by atoms with Crippen molar-refractivity contribution < 1.29 is 9.50 Å². The molecule has 29 heavy (non-hydrogen) atoms. The minimum absolute atomic E-state index is 0.211. The highest BCUT2D eigenvalue weighted by Crippen LogP contribution is 2.38. The number of hydrogen-bond acceptors (Lipinski definition) is 3. The van der Waals surface area contributed by atoms with Crippen molar-refractivity contribution in [1.82, 2.24) is 9.78 Å². The highest BCUT2D eigenvalue weighted by molar-refractivity contribution is 7.18. The lowest BCUT2D eigenvalue weighted by atomic mass is 10.1. The van der Waals surface area contributed by atoms with Gasteiger partial charge in [-0.05, 0) is 74.4 Å². The number of thiophene rings is 1. The third-order valence-corrected chi connectivity index (χ3v) is 6.19. The summed E-state index contributed by atoms with van der Waals surface area (Å²) in [7, 11) is 0. The van der Waals surface area contributed by atoms with E-state index >= 15 is 0 Å². The van der Waals surface area contributed by atoms with E-state index in [-0.39, 0.29) is 5.82 Å². The molecule has 0 aliphatic rings. The van der Waals surface area contributed by atoms with E-state index in [9.17, 15) is 9.50 Å². The molecular formula is C23H20ClFN2OS. The molecule has 2 heterocycles. The maximum absolute atomic E-state index is 13.6. The van der Waals surface area contributed by atoms with Gasteiger partial charge in [-0.15, -0.1) is 11.3 Å². The smallest absolute Gasteiger partial charge is 0.126 e. The number of para-hydroxylation sites is 1. The first-order valence-corrected chi connectivity index (χ1v) is 10.4. The fourth-order valence-electron chi connectivity index (χ4n) is 3.09. The zero-order chi connectivity index (χ0) is 20.8. The molecule has 2 aromatic heterocycles. The van der Waals surface area contributed by atoms with Crippen molar-refractivity contribution in [2.75, 3.05) is 0 Å².